The number of alkyl halides is 3. The predicted octanol–water partition coefficient (Wildman–Crippen LogP) is 6.80. The van der Waals surface area contributed by atoms with Crippen LogP contribution in [0, 0.1) is 24.3 Å². The molecule has 1 N–H and O–H groups in total. The SMILES string of the molecule is [C-]#[N+]c1ccc([C@@H](C#CC(=C)C)N2CC[C@@H](CC(=O)O)C[C@H]2c2ccc(C(F)(F)F)cc2)cc1. The van der Waals surface area contributed by atoms with Crippen LogP contribution in [0.15, 0.2) is 60.7 Å². The molecule has 0 bridgehead atoms. The molecule has 0 spiro atoms. The van der Waals surface area contributed by atoms with Gasteiger partial charge in [0.2, 0.25) is 0 Å². The largest absolute Gasteiger partial charge is 0.481 e. The number of piperidine rings is 1. The highest BCUT2D eigenvalue weighted by molar-refractivity contribution is 5.67. The van der Waals surface area contributed by atoms with E-state index in [-0.39, 0.29) is 18.4 Å². The zero-order valence-electron chi connectivity index (χ0n) is 18.8. The molecule has 1 aliphatic heterocycles. The molecular formula is C27H25F3N2O2. The Balaban J connectivity index is 2.03. The number of carboxylic acids is 1. The molecule has 0 saturated carbocycles. The second kappa shape index (κ2) is 10.6. The van der Waals surface area contributed by atoms with E-state index >= 15 is 0 Å². The zero-order valence-corrected chi connectivity index (χ0v) is 18.8. The molecule has 2 aromatic carbocycles. The number of carboxylic acid groups (broad SMARTS) is 1. The Hall–Kier alpha value is -3.55. The average molecular weight is 467 g/mol. The molecule has 34 heavy (non-hydrogen) atoms. The van der Waals surface area contributed by atoms with Crippen molar-refractivity contribution in [2.75, 3.05) is 6.54 Å². The molecule has 3 atom stereocenters. The van der Waals surface area contributed by atoms with Crippen molar-refractivity contribution in [1.29, 1.82) is 0 Å². The Labute approximate surface area is 197 Å². The highest BCUT2D eigenvalue weighted by atomic mass is 19.4. The normalized spacial score (nSPS) is 19.4. The van der Waals surface area contributed by atoms with E-state index in [0.717, 1.165) is 17.7 Å². The van der Waals surface area contributed by atoms with Gasteiger partial charge in [-0.25, -0.2) is 4.85 Å². The summed E-state index contributed by atoms with van der Waals surface area (Å²) in [6, 6.07) is 11.4. The van der Waals surface area contributed by atoms with Crippen LogP contribution < -0.4 is 0 Å². The van der Waals surface area contributed by atoms with Gasteiger partial charge in [-0.05, 0) is 54.5 Å². The average Bonchev–Trinajstić information content (AvgIpc) is 2.79. The molecule has 3 rings (SSSR count). The molecule has 2 aromatic rings. The first-order chi connectivity index (χ1) is 16.1. The fourth-order valence-electron chi connectivity index (χ4n) is 4.30. The van der Waals surface area contributed by atoms with Crippen LogP contribution in [-0.4, -0.2) is 22.5 Å². The molecule has 0 aromatic heterocycles. The van der Waals surface area contributed by atoms with Gasteiger partial charge in [-0.15, -0.1) is 0 Å². The van der Waals surface area contributed by atoms with E-state index in [4.69, 9.17) is 6.57 Å². The fourth-order valence-corrected chi connectivity index (χ4v) is 4.30. The molecule has 176 valence electrons. The molecule has 1 saturated heterocycles. The lowest BCUT2D eigenvalue weighted by atomic mass is 9.83. The molecule has 0 amide bonds. The van der Waals surface area contributed by atoms with Gasteiger partial charge in [-0.1, -0.05) is 54.8 Å². The van der Waals surface area contributed by atoms with E-state index in [1.54, 1.807) is 19.1 Å². The van der Waals surface area contributed by atoms with Crippen LogP contribution >= 0.6 is 0 Å². The number of likely N-dealkylation sites (tertiary alicyclic amines) is 1. The van der Waals surface area contributed by atoms with E-state index in [0.29, 0.717) is 36.2 Å². The maximum Gasteiger partial charge on any atom is 0.416 e. The first-order valence-electron chi connectivity index (χ1n) is 10.9. The smallest absolute Gasteiger partial charge is 0.416 e. The summed E-state index contributed by atoms with van der Waals surface area (Å²) in [5.41, 5.74) is 1.98. The lowest BCUT2D eigenvalue weighted by molar-refractivity contribution is -0.139. The monoisotopic (exact) mass is 466 g/mol. The second-order valence-corrected chi connectivity index (χ2v) is 8.52. The molecule has 1 fully saturated rings. The molecule has 1 aliphatic rings. The van der Waals surface area contributed by atoms with Crippen LogP contribution in [0.1, 0.15) is 55.0 Å². The van der Waals surface area contributed by atoms with Crippen molar-refractivity contribution in [2.45, 2.75) is 44.4 Å². The number of rotatable bonds is 5. The van der Waals surface area contributed by atoms with E-state index < -0.39 is 23.8 Å². The number of halogens is 3. The minimum Gasteiger partial charge on any atom is -0.481 e. The maximum absolute atomic E-state index is 13.1. The summed E-state index contributed by atoms with van der Waals surface area (Å²) in [4.78, 5) is 16.9. The molecule has 4 nitrogen and oxygen atoms in total. The van der Waals surface area contributed by atoms with Crippen LogP contribution in [-0.2, 0) is 11.0 Å². The molecule has 1 heterocycles. The third-order valence-corrected chi connectivity index (χ3v) is 5.93. The highest BCUT2D eigenvalue weighted by Gasteiger charge is 2.36. The Morgan fingerprint density at radius 3 is 2.41 bits per heavy atom. The minimum atomic E-state index is -4.43. The van der Waals surface area contributed by atoms with Gasteiger partial charge in [0.1, 0.15) is 0 Å². The highest BCUT2D eigenvalue weighted by Crippen LogP contribution is 2.41. The van der Waals surface area contributed by atoms with E-state index in [2.05, 4.69) is 28.2 Å². The topological polar surface area (TPSA) is 44.9 Å². The van der Waals surface area contributed by atoms with Crippen molar-refractivity contribution < 1.29 is 23.1 Å². The summed E-state index contributed by atoms with van der Waals surface area (Å²) in [6.07, 6.45) is -3.30. The van der Waals surface area contributed by atoms with Crippen LogP contribution in [0.4, 0.5) is 18.9 Å². The molecule has 0 aliphatic carbocycles. The molecule has 0 unspecified atom stereocenters. The molecular weight excluding hydrogens is 441 g/mol. The van der Waals surface area contributed by atoms with Gasteiger partial charge in [0.25, 0.3) is 0 Å². The van der Waals surface area contributed by atoms with Gasteiger partial charge in [0, 0.05) is 19.0 Å². The summed E-state index contributed by atoms with van der Waals surface area (Å²) in [7, 11) is 0. The van der Waals surface area contributed by atoms with Crippen LogP contribution in [0.2, 0.25) is 0 Å². The Morgan fingerprint density at radius 2 is 1.88 bits per heavy atom. The summed E-state index contributed by atoms with van der Waals surface area (Å²) in [5, 5.41) is 9.30. The second-order valence-electron chi connectivity index (χ2n) is 8.52. The predicted molar refractivity (Wildman–Crippen MR) is 124 cm³/mol. The molecule has 7 heteroatoms. The number of hydrogen-bond acceptors (Lipinski definition) is 2. The van der Waals surface area contributed by atoms with E-state index in [9.17, 15) is 23.1 Å². The fraction of sp³-hybridized carbons (Fsp3) is 0.333. The summed E-state index contributed by atoms with van der Waals surface area (Å²) in [5.74, 6) is 5.27. The van der Waals surface area contributed by atoms with Crippen LogP contribution in [0.5, 0.6) is 0 Å². The van der Waals surface area contributed by atoms with Crippen molar-refractivity contribution in [3.05, 3.63) is 88.8 Å². The summed E-state index contributed by atoms with van der Waals surface area (Å²) in [6.45, 7) is 13.4. The van der Waals surface area contributed by atoms with Crippen molar-refractivity contribution in [3.63, 3.8) is 0 Å². The lowest BCUT2D eigenvalue weighted by Crippen LogP contribution is -2.39. The van der Waals surface area contributed by atoms with Crippen LogP contribution in [0.3, 0.4) is 0 Å². The standard InChI is InChI=1S/C27H25F3N2O2/c1-18(2)4-13-24(20-7-11-23(31-3)12-8-20)32-15-14-19(17-26(33)34)16-25(32)21-5-9-22(10-6-21)27(28,29)30/h5-12,19,24-25H,1,14-17H2,2H3,(H,33,34)/t19-,24-,25+/m1/s1. The van der Waals surface area contributed by atoms with Gasteiger partial charge >= 0.3 is 12.1 Å². The zero-order chi connectivity index (χ0) is 24.9. The van der Waals surface area contributed by atoms with Crippen molar-refractivity contribution >= 4 is 11.7 Å². The van der Waals surface area contributed by atoms with Crippen molar-refractivity contribution in [3.8, 4) is 11.8 Å². The Bertz CT molecular complexity index is 1140. The quantitative estimate of drug-likeness (QED) is 0.389. The lowest BCUT2D eigenvalue weighted by Gasteiger charge is -2.42. The van der Waals surface area contributed by atoms with Gasteiger partial charge in [0.15, 0.2) is 5.69 Å². The molecule has 0 radical (unpaired) electrons. The summed E-state index contributed by atoms with van der Waals surface area (Å²) < 4.78 is 39.3. The number of benzene rings is 2. The van der Waals surface area contributed by atoms with Gasteiger partial charge in [0.05, 0.1) is 18.2 Å². The number of allylic oxidation sites excluding steroid dienone is 1. The van der Waals surface area contributed by atoms with Crippen molar-refractivity contribution in [1.82, 2.24) is 4.90 Å². The number of carbonyl (C=O) groups is 1. The number of hydrogen-bond donors (Lipinski definition) is 1. The Kier molecular flexibility index (Phi) is 7.81. The van der Waals surface area contributed by atoms with Gasteiger partial charge in [-0.2, -0.15) is 13.2 Å². The summed E-state index contributed by atoms with van der Waals surface area (Å²) >= 11 is 0. The van der Waals surface area contributed by atoms with Crippen molar-refractivity contribution in [2.24, 2.45) is 5.92 Å². The number of nitrogens with zero attached hydrogens (tertiary/aromatic N) is 2. The Morgan fingerprint density at radius 1 is 1.24 bits per heavy atom. The van der Waals surface area contributed by atoms with Gasteiger partial charge < -0.3 is 5.11 Å². The van der Waals surface area contributed by atoms with Crippen LogP contribution in [0.25, 0.3) is 4.85 Å². The number of aliphatic carboxylic acids is 1. The third kappa shape index (κ3) is 6.27. The first kappa shape index (κ1) is 25.1. The maximum atomic E-state index is 13.1. The van der Waals surface area contributed by atoms with E-state index in [1.807, 2.05) is 12.1 Å². The van der Waals surface area contributed by atoms with Gasteiger partial charge in [-0.3, -0.25) is 9.69 Å². The van der Waals surface area contributed by atoms with E-state index in [1.165, 1.54) is 12.1 Å². The third-order valence-electron chi connectivity index (χ3n) is 5.93. The minimum absolute atomic E-state index is 0.00673. The first-order valence-corrected chi connectivity index (χ1v) is 10.9.